The number of halogens is 13. The summed E-state index contributed by atoms with van der Waals surface area (Å²) in [6.45, 7) is 6.92. The van der Waals surface area contributed by atoms with Gasteiger partial charge in [0.1, 0.15) is 13.2 Å². The molecule has 2 N–H and O–H groups in total. The third-order valence-corrected chi connectivity index (χ3v) is 5.05. The summed E-state index contributed by atoms with van der Waals surface area (Å²) in [4.78, 5) is 0. The molecule has 20 heteroatoms. The van der Waals surface area contributed by atoms with Crippen LogP contribution in [-0.4, -0.2) is 36.6 Å². The van der Waals surface area contributed by atoms with Gasteiger partial charge in [-0.2, -0.15) is 17.6 Å². The van der Waals surface area contributed by atoms with Gasteiger partial charge in [0.2, 0.25) is 29.1 Å². The van der Waals surface area contributed by atoms with Crippen molar-refractivity contribution in [2.45, 2.75) is 0 Å². The van der Waals surface area contributed by atoms with Crippen LogP contribution in [0.15, 0.2) is 19.7 Å². The molecule has 0 aliphatic carbocycles. The van der Waals surface area contributed by atoms with E-state index in [0.717, 1.165) is 0 Å². The molecule has 48 heavy (non-hydrogen) atoms. The van der Waals surface area contributed by atoms with Crippen LogP contribution in [0, 0.1) is 107 Å². The van der Waals surface area contributed by atoms with Gasteiger partial charge < -0.3 is 19.7 Å². The first-order valence-corrected chi connectivity index (χ1v) is 11.7. The van der Waals surface area contributed by atoms with Crippen molar-refractivity contribution >= 4 is 18.2 Å². The maximum atomic E-state index is 13.7. The molecule has 0 unspecified atom stereocenters. The maximum Gasteiger partial charge on any atom is 0.204 e. The summed E-state index contributed by atoms with van der Waals surface area (Å²) in [5, 5.41) is 15.2. The van der Waals surface area contributed by atoms with Gasteiger partial charge >= 0.3 is 0 Å². The normalized spacial score (nSPS) is 9.65. The van der Waals surface area contributed by atoms with E-state index in [1.807, 2.05) is 0 Å². The fourth-order valence-corrected chi connectivity index (χ4v) is 2.96. The Kier molecular flexibility index (Phi) is 24.2. The Morgan fingerprint density at radius 3 is 0.771 bits per heavy atom. The first-order valence-electron chi connectivity index (χ1n) is 11.7. The van der Waals surface area contributed by atoms with Crippen molar-refractivity contribution < 1.29 is 145 Å². The van der Waals surface area contributed by atoms with Crippen LogP contribution in [0.5, 0.6) is 11.5 Å². The summed E-state index contributed by atoms with van der Waals surface area (Å²) in [6, 6.07) is 0. The molecule has 3 aromatic rings. The molecule has 0 aliphatic heterocycles. The molecule has 0 saturated heterocycles. The summed E-state index contributed by atoms with van der Waals surface area (Å²) in [6.07, 6.45) is 1.66. The molecule has 3 rings (SSSR count). The summed E-state index contributed by atoms with van der Waals surface area (Å²) in [5.74, 6) is -27.3. The first kappa shape index (κ1) is 50.1. The molecule has 4 nitrogen and oxygen atoms in total. The maximum absolute atomic E-state index is 13.7. The smallest absolute Gasteiger partial charge is 0.204 e. The largest absolute Gasteiger partial charge is 0.484 e. The van der Waals surface area contributed by atoms with Crippen molar-refractivity contribution in [1.29, 1.82) is 0 Å². The molecule has 0 amide bonds. The van der Waals surface area contributed by atoms with Crippen LogP contribution in [-0.2, 0) is 37.1 Å². The van der Waals surface area contributed by atoms with E-state index in [1.54, 1.807) is 0 Å². The van der Waals surface area contributed by atoms with E-state index in [0.29, 0.717) is 18.2 Å². The summed E-state index contributed by atoms with van der Waals surface area (Å²) in [7, 11) is 0. The van der Waals surface area contributed by atoms with E-state index in [-0.39, 0.29) is 81.4 Å². The van der Waals surface area contributed by atoms with Gasteiger partial charge in [0.25, 0.3) is 0 Å². The topological polar surface area (TPSA) is 58.9 Å². The van der Waals surface area contributed by atoms with Gasteiger partial charge in [0, 0.05) is 68.2 Å². The van der Waals surface area contributed by atoms with Crippen LogP contribution < -0.4 is 9.47 Å². The second-order valence-electron chi connectivity index (χ2n) is 7.74. The third kappa shape index (κ3) is 11.4. The van der Waals surface area contributed by atoms with Crippen molar-refractivity contribution in [3.63, 3.8) is 0 Å². The van der Waals surface area contributed by atoms with Gasteiger partial charge in [0.15, 0.2) is 58.0 Å². The molecule has 0 aliphatic rings. The van der Waals surface area contributed by atoms with Gasteiger partial charge in [-0.3, -0.25) is 0 Å². The van der Waals surface area contributed by atoms with Crippen LogP contribution in [0.2, 0.25) is 0 Å². The van der Waals surface area contributed by atoms with E-state index in [9.17, 15) is 57.1 Å². The molecule has 0 saturated carbocycles. The Morgan fingerprint density at radius 2 is 0.583 bits per heavy atom. The molecule has 0 fully saturated rings. The monoisotopic (exact) mass is 1010 g/mol. The number of benzene rings is 3. The zero-order chi connectivity index (χ0) is 34.8. The molecule has 260 valence electrons. The average Bonchev–Trinajstić information content (AvgIpc) is 3.03. The zero-order valence-corrected chi connectivity index (χ0v) is 30.7. The molecule has 2 radical (unpaired) electrons. The predicted molar refractivity (Wildman–Crippen MR) is 134 cm³/mol. The van der Waals surface area contributed by atoms with Gasteiger partial charge in [-0.15, -0.1) is 0 Å². The molecular weight excluding hydrogens is 987 g/mol. The van der Waals surface area contributed by atoms with Crippen molar-refractivity contribution in [3.8, 4) is 11.5 Å². The summed E-state index contributed by atoms with van der Waals surface area (Å²) in [5.41, 5.74) is -3.14. The van der Waals surface area contributed by atoms with Gasteiger partial charge in [0.05, 0.1) is 29.9 Å². The second kappa shape index (κ2) is 23.2. The molecule has 0 bridgehead atoms. The Bertz CT molecular complexity index is 1430. The van der Waals surface area contributed by atoms with Crippen LogP contribution >= 0.6 is 0 Å². The minimum absolute atomic E-state index is 0. The van der Waals surface area contributed by atoms with E-state index in [1.165, 1.54) is 0 Å². The van der Waals surface area contributed by atoms with Crippen LogP contribution in [0.3, 0.4) is 0 Å². The fourth-order valence-electron chi connectivity index (χ4n) is 2.96. The molecule has 0 spiro atoms. The van der Waals surface area contributed by atoms with Crippen LogP contribution in [0.25, 0.3) is 18.2 Å². The Labute approximate surface area is 311 Å². The minimum Gasteiger partial charge on any atom is -0.484 e. The predicted octanol–water partition coefficient (Wildman–Crippen LogP) is 7.53. The quantitative estimate of drug-likeness (QED) is 0.101. The number of aliphatic hydroxyl groups is 2. The Balaban J connectivity index is -0.000000850. The van der Waals surface area contributed by atoms with E-state index >= 15 is 0 Å². The zero-order valence-electron chi connectivity index (χ0n) is 23.7. The standard InChI is InChI=1S/C18H10F8O2.C8H3F5.C2H6O2.U.2V/c1-3-7-9(19)13(23)17(14(24)10(7)20)27-5-6-28-18-15(25)11(21)8(4-2)12(22)16(18)26;1-2-3-4(9)6(11)8(13)7(12)5(3)10;3-1-2-4;;;/h3-4H,1-2,5-6H2;2H,1H2;3-4H,1-2H2;;;. The van der Waals surface area contributed by atoms with Crippen molar-refractivity contribution in [2.75, 3.05) is 26.4 Å². The average molecular weight is 1010 g/mol. The van der Waals surface area contributed by atoms with Gasteiger partial charge in [-0.25, -0.2) is 39.5 Å². The molecule has 0 atom stereocenters. The van der Waals surface area contributed by atoms with E-state index in [4.69, 9.17) is 10.2 Å². The van der Waals surface area contributed by atoms with E-state index < -0.39 is 117 Å². The minimum atomic E-state index is -2.17. The Morgan fingerprint density at radius 1 is 0.396 bits per heavy atom. The summed E-state index contributed by atoms with van der Waals surface area (Å²) >= 11 is 0. The molecule has 3 aromatic carbocycles. The number of hydrogen-bond donors (Lipinski definition) is 2. The second-order valence-corrected chi connectivity index (χ2v) is 7.74. The van der Waals surface area contributed by atoms with Gasteiger partial charge in [-0.05, 0) is 0 Å². The number of rotatable bonds is 9. The molecule has 0 aromatic heterocycles. The van der Waals surface area contributed by atoms with Crippen molar-refractivity contribution in [2.24, 2.45) is 0 Å². The summed E-state index contributed by atoms with van der Waals surface area (Å²) < 4.78 is 181. The van der Waals surface area contributed by atoms with Crippen molar-refractivity contribution in [3.05, 3.63) is 112 Å². The van der Waals surface area contributed by atoms with Crippen LogP contribution in [0.1, 0.15) is 16.7 Å². The number of aliphatic hydroxyl groups excluding tert-OH is 2. The van der Waals surface area contributed by atoms with Crippen LogP contribution in [0.4, 0.5) is 57.1 Å². The Hall–Kier alpha value is -2.29. The number of hydrogen-bond acceptors (Lipinski definition) is 4. The molecular formula is C28H19F13O4UV2. The van der Waals surface area contributed by atoms with E-state index in [2.05, 4.69) is 29.2 Å². The number of ether oxygens (including phenoxy) is 2. The fraction of sp³-hybridized carbons (Fsp3) is 0.143. The first-order chi connectivity index (χ1) is 21.1. The SMILES string of the molecule is C=Cc1c(F)c(F)c(F)c(F)c1F.C=Cc1c(F)c(F)c(OCCOc2c(F)c(F)c(C=C)c(F)c2F)c(F)c1F.OCCO.[U].[V].[V]. The van der Waals surface area contributed by atoms with Crippen molar-refractivity contribution in [1.82, 2.24) is 0 Å². The van der Waals surface area contributed by atoms with Gasteiger partial charge in [-0.1, -0.05) is 38.0 Å². The third-order valence-electron chi connectivity index (χ3n) is 5.05. The molecule has 0 heterocycles.